The maximum Gasteiger partial charge on any atom is 0.410 e. The number of benzene rings is 1. The van der Waals surface area contributed by atoms with E-state index in [2.05, 4.69) is 26.3 Å². The number of carbonyl (C=O) groups excluding carboxylic acids is 1. The summed E-state index contributed by atoms with van der Waals surface area (Å²) in [6.45, 7) is 6.70. The fourth-order valence-corrected chi connectivity index (χ4v) is 3.75. The molecule has 9 heteroatoms. The third-order valence-corrected chi connectivity index (χ3v) is 5.29. The molecule has 8 nitrogen and oxygen atoms in total. The molecule has 0 saturated carbocycles. The topological polar surface area (TPSA) is 107 Å². The molecule has 0 radical (unpaired) electrons. The number of hydrogen-bond acceptors (Lipinski definition) is 6. The normalized spacial score (nSPS) is 14.9. The molecule has 1 aliphatic heterocycles. The molecule has 1 aliphatic rings. The molecular weight excluding hydrogens is 411 g/mol. The highest BCUT2D eigenvalue weighted by Crippen LogP contribution is 2.30. The van der Waals surface area contributed by atoms with E-state index in [-0.39, 0.29) is 18.0 Å². The minimum atomic E-state index is -0.521. The molecule has 1 saturated heterocycles. The van der Waals surface area contributed by atoms with E-state index in [1.54, 1.807) is 17.2 Å². The minimum Gasteiger partial charge on any atom is -0.444 e. The Kier molecular flexibility index (Phi) is 5.70. The number of piperidine rings is 1. The van der Waals surface area contributed by atoms with Crippen LogP contribution in [0.5, 0.6) is 0 Å². The van der Waals surface area contributed by atoms with Gasteiger partial charge in [-0.1, -0.05) is 0 Å². The molecule has 2 N–H and O–H groups in total. The fraction of sp³-hybridized carbons (Fsp3) is 0.391. The van der Waals surface area contributed by atoms with Crippen LogP contribution in [0.4, 0.5) is 15.1 Å². The van der Waals surface area contributed by atoms with Crippen molar-refractivity contribution in [1.82, 2.24) is 19.9 Å². The largest absolute Gasteiger partial charge is 0.444 e. The number of carbonyl (C=O) groups is 1. The fourth-order valence-electron chi connectivity index (χ4n) is 3.75. The van der Waals surface area contributed by atoms with E-state index in [1.807, 2.05) is 20.8 Å². The number of halogens is 1. The van der Waals surface area contributed by atoms with E-state index in [4.69, 9.17) is 4.74 Å². The van der Waals surface area contributed by atoms with Gasteiger partial charge in [0.15, 0.2) is 0 Å². The van der Waals surface area contributed by atoms with Crippen LogP contribution in [-0.2, 0) is 4.74 Å². The van der Waals surface area contributed by atoms with E-state index < -0.39 is 5.60 Å². The molecule has 32 heavy (non-hydrogen) atoms. The second-order valence-corrected chi connectivity index (χ2v) is 8.85. The summed E-state index contributed by atoms with van der Waals surface area (Å²) >= 11 is 0. The lowest BCUT2D eigenvalue weighted by molar-refractivity contribution is 0.0210. The van der Waals surface area contributed by atoms with E-state index in [1.165, 1.54) is 18.3 Å². The number of hydrogen-bond donors (Lipinski definition) is 2. The van der Waals surface area contributed by atoms with Crippen LogP contribution in [0.25, 0.3) is 22.2 Å². The van der Waals surface area contributed by atoms with Crippen LogP contribution in [0.3, 0.4) is 0 Å². The van der Waals surface area contributed by atoms with Gasteiger partial charge in [-0.25, -0.2) is 19.2 Å². The first-order valence-corrected chi connectivity index (χ1v) is 10.5. The molecule has 2 aromatic heterocycles. The van der Waals surface area contributed by atoms with Gasteiger partial charge in [0.1, 0.15) is 17.5 Å². The van der Waals surface area contributed by atoms with E-state index in [0.717, 1.165) is 18.2 Å². The highest BCUT2D eigenvalue weighted by atomic mass is 19.1. The third-order valence-electron chi connectivity index (χ3n) is 5.29. The molecular formula is C23H25FN6O2. The average Bonchev–Trinajstić information content (AvgIpc) is 3.16. The van der Waals surface area contributed by atoms with Crippen LogP contribution >= 0.6 is 0 Å². The maximum absolute atomic E-state index is 13.5. The van der Waals surface area contributed by atoms with Crippen molar-refractivity contribution in [2.75, 3.05) is 18.4 Å². The Labute approximate surface area is 185 Å². The lowest BCUT2D eigenvalue weighted by Gasteiger charge is -2.33. The number of H-pyrrole nitrogens is 1. The van der Waals surface area contributed by atoms with Gasteiger partial charge in [-0.15, -0.1) is 0 Å². The summed E-state index contributed by atoms with van der Waals surface area (Å²) in [6, 6.07) is 6.67. The molecule has 0 spiro atoms. The molecule has 1 fully saturated rings. The number of nitriles is 1. The summed E-state index contributed by atoms with van der Waals surface area (Å²) in [5.74, 6) is 0.0698. The van der Waals surface area contributed by atoms with Crippen molar-refractivity contribution in [3.05, 3.63) is 42.0 Å². The molecule has 0 unspecified atom stereocenters. The second-order valence-electron chi connectivity index (χ2n) is 8.85. The Bertz CT molecular complexity index is 1190. The number of nitrogens with zero attached hydrogens (tertiary/aromatic N) is 4. The number of nitrogens with one attached hydrogen (secondary N) is 2. The smallest absolute Gasteiger partial charge is 0.410 e. The monoisotopic (exact) mass is 436 g/mol. The first-order valence-electron chi connectivity index (χ1n) is 10.5. The summed E-state index contributed by atoms with van der Waals surface area (Å²) < 4.78 is 19.0. The first kappa shape index (κ1) is 21.6. The van der Waals surface area contributed by atoms with Gasteiger partial charge in [0.2, 0.25) is 5.95 Å². The molecule has 0 atom stereocenters. The van der Waals surface area contributed by atoms with Crippen LogP contribution in [0.1, 0.15) is 39.2 Å². The maximum atomic E-state index is 13.5. The highest BCUT2D eigenvalue weighted by molar-refractivity contribution is 5.95. The van der Waals surface area contributed by atoms with Crippen molar-refractivity contribution in [3.63, 3.8) is 0 Å². The van der Waals surface area contributed by atoms with Crippen molar-refractivity contribution in [1.29, 1.82) is 5.26 Å². The van der Waals surface area contributed by atoms with E-state index in [9.17, 15) is 14.4 Å². The number of anilines is 1. The zero-order valence-electron chi connectivity index (χ0n) is 18.3. The molecule has 1 aromatic carbocycles. The summed E-state index contributed by atoms with van der Waals surface area (Å²) in [5.41, 5.74) is 1.63. The Morgan fingerprint density at radius 1 is 1.34 bits per heavy atom. The van der Waals surface area contributed by atoms with Crippen molar-refractivity contribution in [2.45, 2.75) is 45.3 Å². The second kappa shape index (κ2) is 8.46. The molecule has 166 valence electrons. The number of aromatic nitrogens is 3. The average molecular weight is 436 g/mol. The molecule has 3 heterocycles. The predicted molar refractivity (Wildman–Crippen MR) is 118 cm³/mol. The van der Waals surface area contributed by atoms with Gasteiger partial charge in [0, 0.05) is 41.8 Å². The summed E-state index contributed by atoms with van der Waals surface area (Å²) in [5, 5.41) is 13.6. The number of fused-ring (bicyclic) bond motifs is 1. The summed E-state index contributed by atoms with van der Waals surface area (Å²) in [7, 11) is 0. The Morgan fingerprint density at radius 3 is 2.78 bits per heavy atom. The van der Waals surface area contributed by atoms with Crippen molar-refractivity contribution >= 4 is 22.9 Å². The number of likely N-dealkylation sites (tertiary alicyclic amines) is 1. The van der Waals surface area contributed by atoms with Gasteiger partial charge < -0.3 is 19.9 Å². The lowest BCUT2D eigenvalue weighted by atomic mass is 10.1. The summed E-state index contributed by atoms with van der Waals surface area (Å²) in [6.07, 6.45) is 4.36. The number of ether oxygens (including phenoxy) is 1. The molecule has 0 aliphatic carbocycles. The van der Waals surface area contributed by atoms with Crippen LogP contribution in [-0.4, -0.2) is 50.7 Å². The van der Waals surface area contributed by atoms with Crippen molar-refractivity contribution in [2.24, 2.45) is 0 Å². The lowest BCUT2D eigenvalue weighted by Crippen LogP contribution is -2.44. The van der Waals surface area contributed by atoms with Gasteiger partial charge >= 0.3 is 6.09 Å². The van der Waals surface area contributed by atoms with Gasteiger partial charge in [0.05, 0.1) is 17.5 Å². The quantitative estimate of drug-likeness (QED) is 0.628. The predicted octanol–water partition coefficient (Wildman–Crippen LogP) is 4.45. The first-order chi connectivity index (χ1) is 15.2. The van der Waals surface area contributed by atoms with Gasteiger partial charge in [-0.05, 0) is 51.8 Å². The Morgan fingerprint density at radius 2 is 2.09 bits per heavy atom. The number of aromatic amines is 1. The minimum absolute atomic E-state index is 0.0894. The molecule has 3 aromatic rings. The molecule has 1 amide bonds. The highest BCUT2D eigenvalue weighted by Gasteiger charge is 2.27. The van der Waals surface area contributed by atoms with E-state index >= 15 is 0 Å². The van der Waals surface area contributed by atoms with E-state index in [0.29, 0.717) is 41.4 Å². The SMILES string of the molecule is CC(C)(C)OC(=O)N1CCC(Nc2ncc(C#N)c(-c3c[nH]c4cc(F)ccc34)n2)CC1. The Hall–Kier alpha value is -3.67. The standard InChI is InChI=1S/C23H25FN6O2/c1-23(2,3)32-22(31)30-8-6-16(7-9-30)28-21-27-12-14(11-25)20(29-21)18-13-26-19-10-15(24)4-5-17(18)19/h4-5,10,12-13,16,26H,6-9H2,1-3H3,(H,27,28,29). The van der Waals surface area contributed by atoms with Gasteiger partial charge in [-0.3, -0.25) is 0 Å². The summed E-state index contributed by atoms with van der Waals surface area (Å²) in [4.78, 5) is 25.9. The van der Waals surface area contributed by atoms with Crippen molar-refractivity contribution in [3.8, 4) is 17.3 Å². The Balaban J connectivity index is 1.49. The van der Waals surface area contributed by atoms with Crippen LogP contribution < -0.4 is 5.32 Å². The zero-order chi connectivity index (χ0) is 22.9. The van der Waals surface area contributed by atoms with Crippen molar-refractivity contribution < 1.29 is 13.9 Å². The third kappa shape index (κ3) is 4.64. The van der Waals surface area contributed by atoms with Gasteiger partial charge in [0.25, 0.3) is 0 Å². The number of amides is 1. The van der Waals surface area contributed by atoms with Crippen LogP contribution in [0.2, 0.25) is 0 Å². The van der Waals surface area contributed by atoms with Crippen LogP contribution in [0.15, 0.2) is 30.6 Å². The van der Waals surface area contributed by atoms with Gasteiger partial charge in [-0.2, -0.15) is 5.26 Å². The molecule has 0 bridgehead atoms. The van der Waals surface area contributed by atoms with Crippen LogP contribution in [0, 0.1) is 17.1 Å². The zero-order valence-corrected chi connectivity index (χ0v) is 18.3. The number of rotatable bonds is 3. The molecule has 4 rings (SSSR count).